The van der Waals surface area contributed by atoms with Crippen molar-refractivity contribution in [3.05, 3.63) is 28.2 Å². The Morgan fingerprint density at radius 3 is 2.69 bits per heavy atom. The normalized spacial score (nSPS) is 10.8. The van der Waals surface area contributed by atoms with Crippen molar-refractivity contribution in [2.24, 2.45) is 0 Å². The first-order valence-corrected chi connectivity index (χ1v) is 6.59. The first-order valence-electron chi connectivity index (χ1n) is 4.81. The number of hydrogen-bond acceptors (Lipinski definition) is 3. The molecule has 1 N–H and O–H groups in total. The molecule has 1 aromatic carbocycles. The highest BCUT2D eigenvalue weighted by atomic mass is 79.9. The first-order chi connectivity index (χ1) is 7.50. The number of carbonyl (C=O) groups is 1. The molecule has 0 amide bonds. The highest BCUT2D eigenvalue weighted by Gasteiger charge is 2.08. The molecule has 0 saturated heterocycles. The third-order valence-electron chi connectivity index (χ3n) is 1.98. The first kappa shape index (κ1) is 13.5. The molecule has 0 saturated carbocycles. The third kappa shape index (κ3) is 4.15. The predicted octanol–water partition coefficient (Wildman–Crippen LogP) is 2.80. The van der Waals surface area contributed by atoms with Gasteiger partial charge in [0.15, 0.2) is 0 Å². The molecule has 0 fully saturated rings. The molecule has 0 aromatic heterocycles. The van der Waals surface area contributed by atoms with Gasteiger partial charge >= 0.3 is 5.97 Å². The number of nitrogens with zero attached hydrogens (tertiary/aromatic N) is 1. The monoisotopic (exact) mass is 303 g/mol. The van der Waals surface area contributed by atoms with E-state index in [0.29, 0.717) is 10.0 Å². The van der Waals surface area contributed by atoms with Crippen LogP contribution in [0.5, 0.6) is 0 Å². The molecule has 0 heterocycles. The van der Waals surface area contributed by atoms with Gasteiger partial charge in [0.25, 0.3) is 0 Å². The molecule has 16 heavy (non-hydrogen) atoms. The summed E-state index contributed by atoms with van der Waals surface area (Å²) in [6.45, 7) is 1.00. The maximum Gasteiger partial charge on any atom is 0.336 e. The van der Waals surface area contributed by atoms with Gasteiger partial charge in [-0.15, -0.1) is 11.8 Å². The Hall–Kier alpha value is -0.520. The molecule has 0 aliphatic rings. The van der Waals surface area contributed by atoms with E-state index in [2.05, 4.69) is 20.8 Å². The number of rotatable bonds is 5. The number of carboxylic acid groups (broad SMARTS) is 1. The van der Waals surface area contributed by atoms with Gasteiger partial charge in [0.1, 0.15) is 0 Å². The summed E-state index contributed by atoms with van der Waals surface area (Å²) >= 11 is 4.98. The molecule has 0 spiro atoms. The number of carboxylic acids is 1. The fourth-order valence-corrected chi connectivity index (χ4v) is 2.86. The summed E-state index contributed by atoms with van der Waals surface area (Å²) in [6, 6.07) is 5.32. The molecular formula is C11H14BrNO2S. The van der Waals surface area contributed by atoms with Crippen LogP contribution in [0.4, 0.5) is 0 Å². The molecule has 5 heteroatoms. The van der Waals surface area contributed by atoms with Crippen LogP contribution in [-0.2, 0) is 0 Å². The van der Waals surface area contributed by atoms with Crippen LogP contribution in [0.1, 0.15) is 10.4 Å². The van der Waals surface area contributed by atoms with E-state index >= 15 is 0 Å². The lowest BCUT2D eigenvalue weighted by Crippen LogP contribution is -2.14. The van der Waals surface area contributed by atoms with E-state index in [1.54, 1.807) is 17.8 Å². The minimum atomic E-state index is -0.906. The molecule has 0 radical (unpaired) electrons. The lowest BCUT2D eigenvalue weighted by atomic mass is 10.2. The molecule has 0 unspecified atom stereocenters. The van der Waals surface area contributed by atoms with Gasteiger partial charge in [-0.05, 0) is 48.2 Å². The van der Waals surface area contributed by atoms with Gasteiger partial charge in [-0.3, -0.25) is 0 Å². The molecule has 1 rings (SSSR count). The van der Waals surface area contributed by atoms with Crippen LogP contribution in [0, 0.1) is 0 Å². The topological polar surface area (TPSA) is 40.5 Å². The van der Waals surface area contributed by atoms with Crippen LogP contribution in [0.2, 0.25) is 0 Å². The van der Waals surface area contributed by atoms with E-state index < -0.39 is 5.97 Å². The van der Waals surface area contributed by atoms with Crippen molar-refractivity contribution in [3.8, 4) is 0 Å². The molecule has 3 nitrogen and oxygen atoms in total. The van der Waals surface area contributed by atoms with Crippen molar-refractivity contribution in [2.75, 3.05) is 26.4 Å². The van der Waals surface area contributed by atoms with Gasteiger partial charge in [-0.1, -0.05) is 0 Å². The largest absolute Gasteiger partial charge is 0.478 e. The average molecular weight is 304 g/mol. The van der Waals surface area contributed by atoms with E-state index in [9.17, 15) is 4.79 Å². The van der Waals surface area contributed by atoms with Crippen molar-refractivity contribution in [3.63, 3.8) is 0 Å². The Morgan fingerprint density at radius 2 is 2.19 bits per heavy atom. The van der Waals surface area contributed by atoms with Gasteiger partial charge in [0, 0.05) is 21.7 Å². The second-order valence-corrected chi connectivity index (χ2v) is 5.62. The lowest BCUT2D eigenvalue weighted by Gasteiger charge is -2.09. The van der Waals surface area contributed by atoms with Gasteiger partial charge < -0.3 is 10.0 Å². The van der Waals surface area contributed by atoms with Crippen LogP contribution < -0.4 is 0 Å². The smallest absolute Gasteiger partial charge is 0.336 e. The Kier molecular flexibility index (Phi) is 5.31. The number of benzene rings is 1. The van der Waals surface area contributed by atoms with E-state index in [4.69, 9.17) is 5.11 Å². The van der Waals surface area contributed by atoms with E-state index in [1.165, 1.54) is 0 Å². The zero-order valence-electron chi connectivity index (χ0n) is 9.24. The fourth-order valence-electron chi connectivity index (χ4n) is 1.11. The highest BCUT2D eigenvalue weighted by Crippen LogP contribution is 2.25. The van der Waals surface area contributed by atoms with Gasteiger partial charge in [0.2, 0.25) is 0 Å². The average Bonchev–Trinajstić information content (AvgIpc) is 2.16. The predicted molar refractivity (Wildman–Crippen MR) is 70.4 cm³/mol. The van der Waals surface area contributed by atoms with Crippen molar-refractivity contribution in [1.29, 1.82) is 0 Å². The number of thioether (sulfide) groups is 1. The molecule has 0 aliphatic carbocycles. The second kappa shape index (κ2) is 6.27. The maximum atomic E-state index is 10.8. The summed E-state index contributed by atoms with van der Waals surface area (Å²) in [5, 5.41) is 8.86. The van der Waals surface area contributed by atoms with E-state index in [-0.39, 0.29) is 0 Å². The standard InChI is InChI=1S/C11H14BrNO2S/c1-13(2)5-6-16-8-3-4-9(11(14)15)10(12)7-8/h3-4,7H,5-6H2,1-2H3,(H,14,15). The summed E-state index contributed by atoms with van der Waals surface area (Å²) in [5.74, 6) is 0.0861. The molecule has 88 valence electrons. The number of halogens is 1. The van der Waals surface area contributed by atoms with Crippen LogP contribution in [-0.4, -0.2) is 42.4 Å². The van der Waals surface area contributed by atoms with Crippen LogP contribution >= 0.6 is 27.7 Å². The fraction of sp³-hybridized carbons (Fsp3) is 0.364. The SMILES string of the molecule is CN(C)CCSc1ccc(C(=O)O)c(Br)c1. The number of aromatic carboxylic acids is 1. The minimum absolute atomic E-state index is 0.303. The van der Waals surface area contributed by atoms with Crippen LogP contribution in [0.25, 0.3) is 0 Å². The summed E-state index contributed by atoms with van der Waals surface area (Å²) in [5.41, 5.74) is 0.303. The summed E-state index contributed by atoms with van der Waals surface area (Å²) in [4.78, 5) is 14.0. The Bertz CT molecular complexity index is 382. The number of hydrogen-bond donors (Lipinski definition) is 1. The minimum Gasteiger partial charge on any atom is -0.478 e. The van der Waals surface area contributed by atoms with Crippen molar-refractivity contribution in [2.45, 2.75) is 4.90 Å². The Morgan fingerprint density at radius 1 is 1.50 bits per heavy atom. The zero-order valence-corrected chi connectivity index (χ0v) is 11.6. The summed E-state index contributed by atoms with van der Waals surface area (Å²) in [7, 11) is 4.06. The molecule has 0 bridgehead atoms. The summed E-state index contributed by atoms with van der Waals surface area (Å²) in [6.07, 6.45) is 0. The molecule has 1 aromatic rings. The molecule has 0 aliphatic heterocycles. The van der Waals surface area contributed by atoms with E-state index in [0.717, 1.165) is 17.2 Å². The maximum absolute atomic E-state index is 10.8. The van der Waals surface area contributed by atoms with Gasteiger partial charge in [0.05, 0.1) is 5.56 Å². The Balaban J connectivity index is 2.63. The zero-order chi connectivity index (χ0) is 12.1. The van der Waals surface area contributed by atoms with Crippen molar-refractivity contribution in [1.82, 2.24) is 4.90 Å². The van der Waals surface area contributed by atoms with Crippen molar-refractivity contribution >= 4 is 33.7 Å². The van der Waals surface area contributed by atoms with E-state index in [1.807, 2.05) is 26.2 Å². The van der Waals surface area contributed by atoms with Crippen LogP contribution in [0.3, 0.4) is 0 Å². The lowest BCUT2D eigenvalue weighted by molar-refractivity contribution is 0.0696. The Labute approximate surface area is 108 Å². The highest BCUT2D eigenvalue weighted by molar-refractivity contribution is 9.10. The molecular weight excluding hydrogens is 290 g/mol. The van der Waals surface area contributed by atoms with Crippen molar-refractivity contribution < 1.29 is 9.90 Å². The van der Waals surface area contributed by atoms with Crippen LogP contribution in [0.15, 0.2) is 27.6 Å². The third-order valence-corrected chi connectivity index (χ3v) is 3.61. The van der Waals surface area contributed by atoms with Gasteiger partial charge in [-0.2, -0.15) is 0 Å². The van der Waals surface area contributed by atoms with Gasteiger partial charge in [-0.25, -0.2) is 4.79 Å². The molecule has 0 atom stereocenters. The second-order valence-electron chi connectivity index (χ2n) is 3.60. The summed E-state index contributed by atoms with van der Waals surface area (Å²) < 4.78 is 0.634. The quantitative estimate of drug-likeness (QED) is 0.849.